The Labute approximate surface area is 110 Å². The standard InChI is InChI=1S/C8H12.2Na.2H/c1-2-8-5-3-7(1)4-6-8;;;;/h1,8H,2-6H2;;;;/q;2*+1;2*-1. The molecule has 2 bridgehead atoms. The largest absolute Gasteiger partial charge is 1.00 e. The minimum atomic E-state index is 0. The van der Waals surface area contributed by atoms with Gasteiger partial charge in [0.1, 0.15) is 0 Å². The van der Waals surface area contributed by atoms with Crippen LogP contribution in [-0.4, -0.2) is 0 Å². The van der Waals surface area contributed by atoms with Gasteiger partial charge in [0, 0.05) is 0 Å². The SMILES string of the molecule is C1=C2CCC(C1)CC2.[H-].[H-].[Na+].[Na+]. The molecular formula is C8H14Na2. The zero-order chi connectivity index (χ0) is 5.40. The van der Waals surface area contributed by atoms with Crippen LogP contribution in [0.5, 0.6) is 0 Å². The van der Waals surface area contributed by atoms with Crippen molar-refractivity contribution < 1.29 is 62.0 Å². The van der Waals surface area contributed by atoms with Gasteiger partial charge >= 0.3 is 59.1 Å². The minimum Gasteiger partial charge on any atom is -1.00 e. The van der Waals surface area contributed by atoms with Crippen molar-refractivity contribution in [3.63, 3.8) is 0 Å². The maximum absolute atomic E-state index is 2.46. The molecule has 0 spiro atoms. The third-order valence-electron chi connectivity index (χ3n) is 2.49. The van der Waals surface area contributed by atoms with Crippen molar-refractivity contribution in [1.82, 2.24) is 0 Å². The summed E-state index contributed by atoms with van der Waals surface area (Å²) in [6.07, 6.45) is 9.68. The summed E-state index contributed by atoms with van der Waals surface area (Å²) in [7, 11) is 0. The van der Waals surface area contributed by atoms with E-state index >= 15 is 0 Å². The van der Waals surface area contributed by atoms with Crippen molar-refractivity contribution in [3.05, 3.63) is 11.6 Å². The Kier molecular flexibility index (Phi) is 6.34. The monoisotopic (exact) mass is 156 g/mol. The predicted molar refractivity (Wildman–Crippen MR) is 36.9 cm³/mol. The summed E-state index contributed by atoms with van der Waals surface area (Å²) >= 11 is 0. The van der Waals surface area contributed by atoms with Crippen LogP contribution in [0.1, 0.15) is 35.0 Å². The second kappa shape index (κ2) is 5.40. The summed E-state index contributed by atoms with van der Waals surface area (Å²) in [5, 5.41) is 0. The molecule has 0 unspecified atom stereocenters. The first-order valence-electron chi connectivity index (χ1n) is 3.63. The Hall–Kier alpha value is 1.74. The zero-order valence-corrected chi connectivity index (χ0v) is 11.2. The first-order valence-corrected chi connectivity index (χ1v) is 3.63. The molecule has 0 heterocycles. The topological polar surface area (TPSA) is 0 Å². The second-order valence-corrected chi connectivity index (χ2v) is 3.04. The van der Waals surface area contributed by atoms with E-state index in [2.05, 4.69) is 6.08 Å². The molecule has 0 nitrogen and oxygen atoms in total. The van der Waals surface area contributed by atoms with E-state index < -0.39 is 0 Å². The van der Waals surface area contributed by atoms with Crippen LogP contribution in [0.25, 0.3) is 0 Å². The summed E-state index contributed by atoms with van der Waals surface area (Å²) in [6, 6.07) is 0. The molecule has 0 amide bonds. The molecule has 0 saturated heterocycles. The van der Waals surface area contributed by atoms with Crippen molar-refractivity contribution >= 4 is 0 Å². The van der Waals surface area contributed by atoms with E-state index in [-0.39, 0.29) is 62.0 Å². The maximum atomic E-state index is 2.46. The molecule has 0 aromatic heterocycles. The number of fused-ring (bicyclic) bond motifs is 3. The Morgan fingerprint density at radius 1 is 1.20 bits per heavy atom. The number of hydrogen-bond donors (Lipinski definition) is 0. The van der Waals surface area contributed by atoms with Crippen LogP contribution in [0.4, 0.5) is 0 Å². The van der Waals surface area contributed by atoms with Gasteiger partial charge in [0.15, 0.2) is 0 Å². The Morgan fingerprint density at radius 3 is 1.90 bits per heavy atom. The minimum absolute atomic E-state index is 0. The third kappa shape index (κ3) is 2.66. The van der Waals surface area contributed by atoms with E-state index in [0.717, 1.165) is 5.92 Å². The van der Waals surface area contributed by atoms with Crippen LogP contribution < -0.4 is 59.1 Å². The predicted octanol–water partition coefficient (Wildman–Crippen LogP) is -3.26. The quantitative estimate of drug-likeness (QED) is 0.255. The van der Waals surface area contributed by atoms with Gasteiger partial charge in [-0.1, -0.05) is 11.6 Å². The van der Waals surface area contributed by atoms with Gasteiger partial charge < -0.3 is 2.85 Å². The van der Waals surface area contributed by atoms with Gasteiger partial charge in [-0.15, -0.1) is 0 Å². The van der Waals surface area contributed by atoms with Crippen molar-refractivity contribution in [2.45, 2.75) is 32.1 Å². The number of allylic oxidation sites excluding steroid dienone is 2. The van der Waals surface area contributed by atoms with Gasteiger partial charge in [-0.2, -0.15) is 0 Å². The van der Waals surface area contributed by atoms with E-state index in [9.17, 15) is 0 Å². The fraction of sp³-hybridized carbons (Fsp3) is 0.750. The smallest absolute Gasteiger partial charge is 1.00 e. The van der Waals surface area contributed by atoms with Crippen LogP contribution in [0.2, 0.25) is 0 Å². The Balaban J connectivity index is -0.000000202. The molecule has 0 aliphatic heterocycles. The van der Waals surface area contributed by atoms with Crippen molar-refractivity contribution in [2.24, 2.45) is 5.92 Å². The van der Waals surface area contributed by atoms with E-state index in [1.54, 1.807) is 5.57 Å². The normalized spacial score (nSPS) is 22.6. The van der Waals surface area contributed by atoms with Gasteiger partial charge in [0.05, 0.1) is 0 Å². The number of rotatable bonds is 0. The van der Waals surface area contributed by atoms with Crippen molar-refractivity contribution in [1.29, 1.82) is 0 Å². The number of hydrogen-bond acceptors (Lipinski definition) is 0. The van der Waals surface area contributed by atoms with E-state index in [4.69, 9.17) is 0 Å². The average Bonchev–Trinajstić information content (AvgIpc) is 1.92. The van der Waals surface area contributed by atoms with Gasteiger partial charge in [-0.05, 0) is 38.0 Å². The van der Waals surface area contributed by atoms with Crippen LogP contribution >= 0.6 is 0 Å². The van der Waals surface area contributed by atoms with Crippen LogP contribution in [0.15, 0.2) is 11.6 Å². The summed E-state index contributed by atoms with van der Waals surface area (Å²) in [4.78, 5) is 0. The molecule has 0 aromatic rings. The maximum Gasteiger partial charge on any atom is 1.00 e. The molecule has 10 heavy (non-hydrogen) atoms. The Morgan fingerprint density at radius 2 is 1.80 bits per heavy atom. The third-order valence-corrected chi connectivity index (χ3v) is 2.49. The molecule has 0 aromatic carbocycles. The van der Waals surface area contributed by atoms with Crippen molar-refractivity contribution in [3.8, 4) is 0 Å². The summed E-state index contributed by atoms with van der Waals surface area (Å²) in [5.41, 5.74) is 1.74. The molecule has 3 rings (SSSR count). The molecule has 2 heteroatoms. The van der Waals surface area contributed by atoms with Gasteiger partial charge in [-0.3, -0.25) is 0 Å². The van der Waals surface area contributed by atoms with Gasteiger partial charge in [0.2, 0.25) is 0 Å². The van der Waals surface area contributed by atoms with E-state index in [1.807, 2.05) is 0 Å². The fourth-order valence-corrected chi connectivity index (χ4v) is 1.82. The second-order valence-electron chi connectivity index (χ2n) is 3.04. The first-order chi connectivity index (χ1) is 3.95. The van der Waals surface area contributed by atoms with Crippen LogP contribution in [0.3, 0.4) is 0 Å². The average molecular weight is 156 g/mol. The zero-order valence-electron chi connectivity index (χ0n) is 9.19. The molecule has 48 valence electrons. The molecule has 3 aliphatic rings. The van der Waals surface area contributed by atoms with Crippen LogP contribution in [0, 0.1) is 5.92 Å². The molecule has 0 radical (unpaired) electrons. The molecule has 3 aliphatic carbocycles. The Bertz CT molecular complexity index is 127. The first kappa shape index (κ1) is 11.7. The fourth-order valence-electron chi connectivity index (χ4n) is 1.82. The molecule has 0 N–H and O–H groups in total. The molecule has 1 saturated carbocycles. The van der Waals surface area contributed by atoms with Gasteiger partial charge in [-0.25, -0.2) is 0 Å². The van der Waals surface area contributed by atoms with Crippen LogP contribution in [-0.2, 0) is 0 Å². The van der Waals surface area contributed by atoms with Gasteiger partial charge in [0.25, 0.3) is 0 Å². The van der Waals surface area contributed by atoms with Crippen molar-refractivity contribution in [2.75, 3.05) is 0 Å². The summed E-state index contributed by atoms with van der Waals surface area (Å²) < 4.78 is 0. The van der Waals surface area contributed by atoms with E-state index in [1.165, 1.54) is 32.1 Å². The molecule has 0 atom stereocenters. The summed E-state index contributed by atoms with van der Waals surface area (Å²) in [5.74, 6) is 1.08. The van der Waals surface area contributed by atoms with E-state index in [0.29, 0.717) is 0 Å². The molecule has 1 fully saturated rings. The summed E-state index contributed by atoms with van der Waals surface area (Å²) in [6.45, 7) is 0. The molecular weight excluding hydrogens is 142 g/mol.